The largest absolute Gasteiger partial charge is 0.207 e. The molecule has 7 heteroatoms. The van der Waals surface area contributed by atoms with Crippen LogP contribution in [-0.2, 0) is 5.75 Å². The molecule has 0 aliphatic heterocycles. The van der Waals surface area contributed by atoms with Crippen molar-refractivity contribution in [3.63, 3.8) is 0 Å². The number of benzene rings is 1. The first-order valence-corrected chi connectivity index (χ1v) is 8.03. The molecule has 0 fully saturated rings. The van der Waals surface area contributed by atoms with E-state index in [9.17, 15) is 4.39 Å². The molecule has 0 radical (unpaired) electrons. The highest BCUT2D eigenvalue weighted by Crippen LogP contribution is 2.31. The maximum absolute atomic E-state index is 12.8. The van der Waals surface area contributed by atoms with E-state index in [1.807, 2.05) is 6.26 Å². The summed E-state index contributed by atoms with van der Waals surface area (Å²) in [4.78, 5) is 0. The van der Waals surface area contributed by atoms with Crippen molar-refractivity contribution >= 4 is 46.5 Å². The Morgan fingerprint density at radius 1 is 1.35 bits per heavy atom. The van der Waals surface area contributed by atoms with Gasteiger partial charge in [-0.15, -0.1) is 10.2 Å². The lowest BCUT2D eigenvalue weighted by atomic mass is 10.2. The van der Waals surface area contributed by atoms with Gasteiger partial charge in [0, 0.05) is 10.8 Å². The second-order valence-electron chi connectivity index (χ2n) is 3.06. The summed E-state index contributed by atoms with van der Waals surface area (Å²) in [6.45, 7) is 0. The molecule has 90 valence electrons. The summed E-state index contributed by atoms with van der Waals surface area (Å²) < 4.78 is 14.7. The summed E-state index contributed by atoms with van der Waals surface area (Å²) in [6.07, 6.45) is 1.96. The van der Waals surface area contributed by atoms with E-state index in [1.165, 1.54) is 12.1 Å². The van der Waals surface area contributed by atoms with Gasteiger partial charge in [0.05, 0.1) is 0 Å². The van der Waals surface area contributed by atoms with Crippen molar-refractivity contribution < 1.29 is 4.39 Å². The van der Waals surface area contributed by atoms with Crippen molar-refractivity contribution in [3.8, 4) is 0 Å². The van der Waals surface area contributed by atoms with Crippen molar-refractivity contribution in [2.75, 3.05) is 6.26 Å². The van der Waals surface area contributed by atoms with Gasteiger partial charge in [0.2, 0.25) is 0 Å². The fraction of sp³-hybridized carbons (Fsp3) is 0.200. The molecule has 1 aromatic heterocycles. The third-order valence-electron chi connectivity index (χ3n) is 1.93. The lowest BCUT2D eigenvalue weighted by molar-refractivity contribution is 0.627. The fourth-order valence-corrected chi connectivity index (χ4v) is 3.87. The minimum atomic E-state index is -0.315. The first-order valence-electron chi connectivity index (χ1n) is 4.63. The lowest BCUT2D eigenvalue weighted by Gasteiger charge is -2.01. The molecule has 0 atom stereocenters. The van der Waals surface area contributed by atoms with Gasteiger partial charge in [0.15, 0.2) is 8.68 Å². The van der Waals surface area contributed by atoms with Gasteiger partial charge in [-0.3, -0.25) is 0 Å². The van der Waals surface area contributed by atoms with Crippen LogP contribution in [-0.4, -0.2) is 16.5 Å². The van der Waals surface area contributed by atoms with E-state index >= 15 is 0 Å². The van der Waals surface area contributed by atoms with Crippen LogP contribution in [0.3, 0.4) is 0 Å². The van der Waals surface area contributed by atoms with Gasteiger partial charge in [-0.1, -0.05) is 52.5 Å². The highest BCUT2D eigenvalue weighted by Gasteiger charge is 2.06. The van der Waals surface area contributed by atoms with Crippen LogP contribution in [0.1, 0.15) is 5.56 Å². The van der Waals surface area contributed by atoms with Crippen LogP contribution in [0, 0.1) is 5.82 Å². The minimum Gasteiger partial charge on any atom is -0.207 e. The molecule has 0 saturated heterocycles. The summed E-state index contributed by atoms with van der Waals surface area (Å²) in [5.74, 6) is 0.353. The van der Waals surface area contributed by atoms with E-state index in [4.69, 9.17) is 11.6 Å². The molecule has 2 nitrogen and oxygen atoms in total. The number of rotatable bonds is 4. The number of hydrogen-bond acceptors (Lipinski definition) is 5. The van der Waals surface area contributed by atoms with E-state index in [1.54, 1.807) is 40.9 Å². The summed E-state index contributed by atoms with van der Waals surface area (Å²) >= 11 is 10.6. The predicted molar refractivity (Wildman–Crippen MR) is 72.7 cm³/mol. The molecule has 0 amide bonds. The van der Waals surface area contributed by atoms with Gasteiger partial charge in [-0.25, -0.2) is 4.39 Å². The van der Waals surface area contributed by atoms with Crippen molar-refractivity contribution in [3.05, 3.63) is 34.6 Å². The Labute approximate surface area is 116 Å². The van der Waals surface area contributed by atoms with Crippen LogP contribution in [0.5, 0.6) is 0 Å². The molecule has 0 bridgehead atoms. The van der Waals surface area contributed by atoms with E-state index in [0.717, 1.165) is 14.2 Å². The molecule has 0 N–H and O–H groups in total. The topological polar surface area (TPSA) is 25.8 Å². The predicted octanol–water partition coefficient (Wildman–Crippen LogP) is 4.34. The third-order valence-corrected chi connectivity index (χ3v) is 5.36. The number of halogens is 2. The molecule has 0 aliphatic carbocycles. The summed E-state index contributed by atoms with van der Waals surface area (Å²) in [7, 11) is 0. The Kier molecular flexibility index (Phi) is 4.67. The van der Waals surface area contributed by atoms with Crippen LogP contribution in [0.2, 0.25) is 5.02 Å². The van der Waals surface area contributed by atoms with Crippen LogP contribution in [0.4, 0.5) is 4.39 Å². The van der Waals surface area contributed by atoms with Gasteiger partial charge < -0.3 is 0 Å². The smallest absolute Gasteiger partial charge is 0.175 e. The van der Waals surface area contributed by atoms with E-state index in [2.05, 4.69) is 10.2 Å². The number of thioether (sulfide) groups is 2. The summed E-state index contributed by atoms with van der Waals surface area (Å²) in [6, 6.07) is 4.43. The molecule has 17 heavy (non-hydrogen) atoms. The van der Waals surface area contributed by atoms with Crippen LogP contribution in [0.25, 0.3) is 0 Å². The van der Waals surface area contributed by atoms with Gasteiger partial charge in [0.25, 0.3) is 0 Å². The van der Waals surface area contributed by atoms with E-state index in [-0.39, 0.29) is 5.82 Å². The van der Waals surface area contributed by atoms with Gasteiger partial charge >= 0.3 is 0 Å². The zero-order valence-electron chi connectivity index (χ0n) is 8.81. The molecule has 2 rings (SSSR count). The maximum Gasteiger partial charge on any atom is 0.175 e. The zero-order valence-corrected chi connectivity index (χ0v) is 12.0. The SMILES string of the molecule is CSc1nnc(SCc2ccc(F)cc2Cl)s1. The molecule has 0 unspecified atom stereocenters. The highest BCUT2D eigenvalue weighted by atomic mass is 35.5. The molecule has 0 aliphatic rings. The third kappa shape index (κ3) is 3.58. The Bertz CT molecular complexity index is 518. The van der Waals surface area contributed by atoms with E-state index in [0.29, 0.717) is 10.8 Å². The van der Waals surface area contributed by atoms with Crippen molar-refractivity contribution in [1.82, 2.24) is 10.2 Å². The lowest BCUT2D eigenvalue weighted by Crippen LogP contribution is -1.84. The first kappa shape index (κ1) is 13.1. The Hall–Kier alpha value is -0.300. The normalized spacial score (nSPS) is 10.8. The van der Waals surface area contributed by atoms with Crippen LogP contribution in [0.15, 0.2) is 26.9 Å². The molecular weight excluding hydrogens is 299 g/mol. The molecular formula is C10H8ClFN2S3. The standard InChI is InChI=1S/C10H8ClFN2S3/c1-15-9-13-14-10(17-9)16-5-6-2-3-7(12)4-8(6)11/h2-4H,5H2,1H3. The molecule has 1 heterocycles. The van der Waals surface area contributed by atoms with Crippen molar-refractivity contribution in [2.24, 2.45) is 0 Å². The average Bonchev–Trinajstić information content (AvgIpc) is 2.76. The molecule has 0 spiro atoms. The monoisotopic (exact) mass is 306 g/mol. The van der Waals surface area contributed by atoms with Crippen LogP contribution >= 0.6 is 46.5 Å². The summed E-state index contributed by atoms with van der Waals surface area (Å²) in [5, 5.41) is 8.49. The number of hydrogen-bond donors (Lipinski definition) is 0. The van der Waals surface area contributed by atoms with Gasteiger partial charge in [-0.2, -0.15) is 0 Å². The quantitative estimate of drug-likeness (QED) is 0.785. The van der Waals surface area contributed by atoms with Gasteiger partial charge in [0.1, 0.15) is 5.82 Å². The van der Waals surface area contributed by atoms with Gasteiger partial charge in [-0.05, 0) is 24.0 Å². The number of aromatic nitrogens is 2. The molecule has 2 aromatic rings. The Morgan fingerprint density at radius 2 is 2.12 bits per heavy atom. The second-order valence-corrected chi connectivity index (χ2v) is 6.72. The Morgan fingerprint density at radius 3 is 2.76 bits per heavy atom. The zero-order chi connectivity index (χ0) is 12.3. The van der Waals surface area contributed by atoms with E-state index < -0.39 is 0 Å². The van der Waals surface area contributed by atoms with Crippen LogP contribution < -0.4 is 0 Å². The molecule has 0 saturated carbocycles. The first-order chi connectivity index (χ1) is 8.19. The fourth-order valence-electron chi connectivity index (χ4n) is 1.12. The maximum atomic E-state index is 12.8. The number of nitrogens with zero attached hydrogens (tertiary/aromatic N) is 2. The Balaban J connectivity index is 2.02. The molecule has 1 aromatic carbocycles. The highest BCUT2D eigenvalue weighted by molar-refractivity contribution is 8.02. The average molecular weight is 307 g/mol. The minimum absolute atomic E-state index is 0.315. The summed E-state index contributed by atoms with van der Waals surface area (Å²) in [5.41, 5.74) is 0.902. The van der Waals surface area contributed by atoms with Crippen molar-refractivity contribution in [1.29, 1.82) is 0 Å². The van der Waals surface area contributed by atoms with Crippen molar-refractivity contribution in [2.45, 2.75) is 14.4 Å². The second kappa shape index (κ2) is 6.04.